The lowest BCUT2D eigenvalue weighted by atomic mass is 9.62. The molecule has 2 aliphatic carbocycles. The molecule has 0 heterocycles. The summed E-state index contributed by atoms with van der Waals surface area (Å²) in [6, 6.07) is 28.9. The maximum absolute atomic E-state index is 4.26. The Morgan fingerprint density at radius 1 is 0.667 bits per heavy atom. The molecule has 0 amide bonds. The van der Waals surface area contributed by atoms with Crippen molar-refractivity contribution in [2.45, 2.75) is 18.3 Å². The molecule has 0 bridgehead atoms. The molecule has 1 saturated carbocycles. The lowest BCUT2D eigenvalue weighted by molar-refractivity contribution is 0.438. The van der Waals surface area contributed by atoms with Crippen LogP contribution in [0.2, 0.25) is 0 Å². The first-order valence-electron chi connectivity index (χ1n) is 8.72. The first kappa shape index (κ1) is 13.8. The molecule has 2 aliphatic rings. The van der Waals surface area contributed by atoms with E-state index in [0.29, 0.717) is 0 Å². The van der Waals surface area contributed by atoms with Crippen LogP contribution in [0, 0.1) is 5.41 Å². The Bertz CT molecular complexity index is 884. The molecule has 5 rings (SSSR count). The van der Waals surface area contributed by atoms with Gasteiger partial charge in [-0.15, -0.1) is 6.58 Å². The first-order valence-corrected chi connectivity index (χ1v) is 8.72. The van der Waals surface area contributed by atoms with Crippen molar-refractivity contribution in [1.29, 1.82) is 0 Å². The average Bonchev–Trinajstić information content (AvgIpc) is 3.40. The summed E-state index contributed by atoms with van der Waals surface area (Å²) >= 11 is 0. The van der Waals surface area contributed by atoms with Crippen LogP contribution >= 0.6 is 0 Å². The molecule has 0 saturated heterocycles. The molecule has 1 fully saturated rings. The molecular formula is C24H20. The molecule has 0 aliphatic heterocycles. The van der Waals surface area contributed by atoms with E-state index in [2.05, 4.69) is 91.5 Å². The second kappa shape index (κ2) is 4.70. The molecule has 0 nitrogen and oxygen atoms in total. The molecule has 24 heavy (non-hydrogen) atoms. The van der Waals surface area contributed by atoms with E-state index in [4.69, 9.17) is 0 Å². The van der Waals surface area contributed by atoms with E-state index in [1.807, 2.05) is 0 Å². The standard InChI is InChI=1S/C24H20/c1-2-23(16-17-23)24(18-10-4-3-5-11-18)21-14-8-6-12-19(21)20-13-7-9-15-22(20)24/h2-15H,1,16-17H2. The van der Waals surface area contributed by atoms with Crippen molar-refractivity contribution in [3.8, 4) is 11.1 Å². The Labute approximate surface area is 143 Å². The van der Waals surface area contributed by atoms with Crippen LogP contribution in [-0.2, 0) is 5.41 Å². The highest BCUT2D eigenvalue weighted by Crippen LogP contribution is 2.70. The van der Waals surface area contributed by atoms with Gasteiger partial charge >= 0.3 is 0 Å². The Balaban J connectivity index is 1.97. The van der Waals surface area contributed by atoms with Crippen LogP contribution in [0.25, 0.3) is 11.1 Å². The van der Waals surface area contributed by atoms with Gasteiger partial charge in [0.15, 0.2) is 0 Å². The van der Waals surface area contributed by atoms with Gasteiger partial charge in [-0.05, 0) is 40.7 Å². The molecule has 116 valence electrons. The van der Waals surface area contributed by atoms with Gasteiger partial charge in [0.25, 0.3) is 0 Å². The molecule has 0 unspecified atom stereocenters. The van der Waals surface area contributed by atoms with Crippen LogP contribution in [0.4, 0.5) is 0 Å². The second-order valence-electron chi connectivity index (χ2n) is 7.07. The molecule has 0 aromatic heterocycles. The fraction of sp³-hybridized carbons (Fsp3) is 0.167. The van der Waals surface area contributed by atoms with Crippen LogP contribution in [0.5, 0.6) is 0 Å². The summed E-state index contributed by atoms with van der Waals surface area (Å²) in [6.07, 6.45) is 4.63. The summed E-state index contributed by atoms with van der Waals surface area (Å²) in [4.78, 5) is 0. The smallest absolute Gasteiger partial charge is 0.0553 e. The summed E-state index contributed by atoms with van der Waals surface area (Å²) in [7, 11) is 0. The third-order valence-electron chi connectivity index (χ3n) is 6.09. The zero-order valence-electron chi connectivity index (χ0n) is 13.7. The molecular weight excluding hydrogens is 288 g/mol. The van der Waals surface area contributed by atoms with E-state index in [9.17, 15) is 0 Å². The van der Waals surface area contributed by atoms with E-state index in [-0.39, 0.29) is 10.8 Å². The molecule has 0 spiro atoms. The highest BCUT2D eigenvalue weighted by molar-refractivity contribution is 5.84. The summed E-state index contributed by atoms with van der Waals surface area (Å²) in [5.41, 5.74) is 7.04. The normalized spacial score (nSPS) is 18.5. The lowest BCUT2D eigenvalue weighted by Gasteiger charge is -2.39. The zero-order valence-corrected chi connectivity index (χ0v) is 13.7. The van der Waals surface area contributed by atoms with Crippen molar-refractivity contribution in [3.63, 3.8) is 0 Å². The number of fused-ring (bicyclic) bond motifs is 3. The lowest BCUT2D eigenvalue weighted by Crippen LogP contribution is -2.36. The fourth-order valence-corrected chi connectivity index (χ4v) is 4.92. The first-order chi connectivity index (χ1) is 11.8. The Hall–Kier alpha value is -2.60. The molecule has 0 N–H and O–H groups in total. The van der Waals surface area contributed by atoms with Crippen molar-refractivity contribution in [2.24, 2.45) is 5.41 Å². The zero-order chi connectivity index (χ0) is 16.2. The highest BCUT2D eigenvalue weighted by atomic mass is 14.6. The van der Waals surface area contributed by atoms with Crippen LogP contribution in [-0.4, -0.2) is 0 Å². The SMILES string of the molecule is C=CC1(C2(c3ccccc3)c3ccccc3-c3ccccc32)CC1. The predicted molar refractivity (Wildman–Crippen MR) is 100 cm³/mol. The van der Waals surface area contributed by atoms with Gasteiger partial charge in [0.1, 0.15) is 0 Å². The maximum atomic E-state index is 4.26. The number of allylic oxidation sites excluding steroid dienone is 1. The van der Waals surface area contributed by atoms with Crippen molar-refractivity contribution in [2.75, 3.05) is 0 Å². The molecule has 0 atom stereocenters. The predicted octanol–water partition coefficient (Wildman–Crippen LogP) is 5.97. The number of hydrogen-bond donors (Lipinski definition) is 0. The largest absolute Gasteiger partial charge is 0.102 e. The Kier molecular flexibility index (Phi) is 2.71. The topological polar surface area (TPSA) is 0 Å². The van der Waals surface area contributed by atoms with E-state index >= 15 is 0 Å². The second-order valence-corrected chi connectivity index (χ2v) is 7.07. The molecule has 0 radical (unpaired) electrons. The molecule has 3 aromatic rings. The quantitative estimate of drug-likeness (QED) is 0.523. The third-order valence-corrected chi connectivity index (χ3v) is 6.09. The fourth-order valence-electron chi connectivity index (χ4n) is 4.92. The highest BCUT2D eigenvalue weighted by Gasteiger charge is 2.62. The monoisotopic (exact) mass is 308 g/mol. The number of hydrogen-bond acceptors (Lipinski definition) is 0. The number of rotatable bonds is 3. The summed E-state index contributed by atoms with van der Waals surface area (Å²) in [5, 5.41) is 0. The van der Waals surface area contributed by atoms with Gasteiger partial charge < -0.3 is 0 Å². The van der Waals surface area contributed by atoms with Crippen LogP contribution < -0.4 is 0 Å². The summed E-state index contributed by atoms with van der Waals surface area (Å²) in [5.74, 6) is 0. The van der Waals surface area contributed by atoms with Gasteiger partial charge in [0.05, 0.1) is 5.41 Å². The van der Waals surface area contributed by atoms with Gasteiger partial charge in [0, 0.05) is 5.41 Å². The average molecular weight is 308 g/mol. The van der Waals surface area contributed by atoms with Crippen LogP contribution in [0.15, 0.2) is 91.5 Å². The van der Waals surface area contributed by atoms with Gasteiger partial charge in [-0.25, -0.2) is 0 Å². The minimum atomic E-state index is -0.108. The van der Waals surface area contributed by atoms with E-state index < -0.39 is 0 Å². The molecule has 3 aromatic carbocycles. The van der Waals surface area contributed by atoms with Crippen molar-refractivity contribution >= 4 is 0 Å². The van der Waals surface area contributed by atoms with Crippen molar-refractivity contribution in [3.05, 3.63) is 108 Å². The minimum Gasteiger partial charge on any atom is -0.102 e. The van der Waals surface area contributed by atoms with Gasteiger partial charge in [-0.2, -0.15) is 0 Å². The van der Waals surface area contributed by atoms with E-state index in [1.54, 1.807) is 0 Å². The Morgan fingerprint density at radius 3 is 1.67 bits per heavy atom. The van der Waals surface area contributed by atoms with Gasteiger partial charge in [-0.1, -0.05) is 84.9 Å². The van der Waals surface area contributed by atoms with E-state index in [0.717, 1.165) is 0 Å². The van der Waals surface area contributed by atoms with Crippen molar-refractivity contribution in [1.82, 2.24) is 0 Å². The third kappa shape index (κ3) is 1.49. The van der Waals surface area contributed by atoms with Crippen molar-refractivity contribution < 1.29 is 0 Å². The number of benzene rings is 3. The van der Waals surface area contributed by atoms with Gasteiger partial charge in [-0.3, -0.25) is 0 Å². The minimum absolute atomic E-state index is 0.108. The van der Waals surface area contributed by atoms with Gasteiger partial charge in [0.2, 0.25) is 0 Å². The van der Waals surface area contributed by atoms with Crippen LogP contribution in [0.1, 0.15) is 29.5 Å². The molecule has 0 heteroatoms. The Morgan fingerprint density at radius 2 is 1.17 bits per heavy atom. The maximum Gasteiger partial charge on any atom is 0.0553 e. The van der Waals surface area contributed by atoms with Crippen LogP contribution in [0.3, 0.4) is 0 Å². The summed E-state index contributed by atoms with van der Waals surface area (Å²) in [6.45, 7) is 4.26. The van der Waals surface area contributed by atoms with E-state index in [1.165, 1.54) is 40.7 Å². The summed E-state index contributed by atoms with van der Waals surface area (Å²) < 4.78 is 0.